The molecule has 0 saturated heterocycles. The van der Waals surface area contributed by atoms with Crippen molar-refractivity contribution in [3.8, 4) is 0 Å². The van der Waals surface area contributed by atoms with Gasteiger partial charge in [-0.3, -0.25) is 0 Å². The Hall–Kier alpha value is -0.780. The van der Waals surface area contributed by atoms with Crippen molar-refractivity contribution in [1.82, 2.24) is 0 Å². The average molecular weight is 246 g/mol. The largest absolute Gasteiger partial charge is 0.0622 e. The van der Waals surface area contributed by atoms with E-state index < -0.39 is 0 Å². The van der Waals surface area contributed by atoms with Gasteiger partial charge in [0.1, 0.15) is 0 Å². The maximum absolute atomic E-state index is 2.41. The molecule has 1 rings (SSSR count). The molecule has 0 heterocycles. The molecule has 0 bridgehead atoms. The molecule has 0 spiro atoms. The highest BCUT2D eigenvalue weighted by Gasteiger charge is 2.32. The fourth-order valence-electron chi connectivity index (χ4n) is 3.69. The average Bonchev–Trinajstić information content (AvgIpc) is 2.13. The van der Waals surface area contributed by atoms with Gasteiger partial charge in [0.05, 0.1) is 0 Å². The molecule has 0 unspecified atom stereocenters. The molecule has 0 radical (unpaired) electrons. The predicted molar refractivity (Wildman–Crippen MR) is 81.9 cm³/mol. The third-order valence-corrected chi connectivity index (χ3v) is 3.48. The number of benzene rings is 1. The van der Waals surface area contributed by atoms with E-state index in [-0.39, 0.29) is 5.41 Å². The lowest BCUT2D eigenvalue weighted by molar-refractivity contribution is 0.166. The van der Waals surface area contributed by atoms with Crippen LogP contribution in [0.3, 0.4) is 0 Å². The molecular formula is C18H30. The van der Waals surface area contributed by atoms with Gasteiger partial charge in [-0.25, -0.2) is 0 Å². The lowest BCUT2D eigenvalue weighted by Crippen LogP contribution is -2.30. The quantitative estimate of drug-likeness (QED) is 0.628. The molecule has 0 amide bonds. The molecule has 0 aliphatic rings. The van der Waals surface area contributed by atoms with Crippen molar-refractivity contribution in [2.24, 2.45) is 10.8 Å². The van der Waals surface area contributed by atoms with Gasteiger partial charge in [-0.1, -0.05) is 78.8 Å². The minimum absolute atomic E-state index is 0.246. The summed E-state index contributed by atoms with van der Waals surface area (Å²) in [4.78, 5) is 0. The van der Waals surface area contributed by atoms with E-state index in [1.54, 1.807) is 0 Å². The van der Waals surface area contributed by atoms with Crippen LogP contribution in [0.5, 0.6) is 0 Å². The molecule has 18 heavy (non-hydrogen) atoms. The monoisotopic (exact) mass is 246 g/mol. The van der Waals surface area contributed by atoms with Crippen LogP contribution in [0, 0.1) is 10.8 Å². The van der Waals surface area contributed by atoms with Crippen LogP contribution in [0.1, 0.15) is 66.9 Å². The van der Waals surface area contributed by atoms with Crippen molar-refractivity contribution in [2.75, 3.05) is 0 Å². The third-order valence-electron chi connectivity index (χ3n) is 3.48. The van der Waals surface area contributed by atoms with E-state index in [1.165, 1.54) is 18.4 Å². The van der Waals surface area contributed by atoms with Gasteiger partial charge in [0.15, 0.2) is 0 Å². The van der Waals surface area contributed by atoms with Crippen LogP contribution < -0.4 is 0 Å². The zero-order valence-electron chi connectivity index (χ0n) is 13.3. The van der Waals surface area contributed by atoms with Crippen molar-refractivity contribution in [2.45, 2.75) is 66.7 Å². The Kier molecular flexibility index (Phi) is 4.30. The van der Waals surface area contributed by atoms with Gasteiger partial charge < -0.3 is 0 Å². The zero-order chi connectivity index (χ0) is 14.0. The molecule has 1 aromatic rings. The van der Waals surface area contributed by atoms with E-state index in [2.05, 4.69) is 78.8 Å². The van der Waals surface area contributed by atoms with Gasteiger partial charge in [-0.15, -0.1) is 0 Å². The number of hydrogen-bond donors (Lipinski definition) is 0. The van der Waals surface area contributed by atoms with Crippen molar-refractivity contribution in [1.29, 1.82) is 0 Å². The van der Waals surface area contributed by atoms with Crippen molar-refractivity contribution >= 4 is 0 Å². The molecule has 0 saturated carbocycles. The van der Waals surface area contributed by atoms with Gasteiger partial charge in [0, 0.05) is 0 Å². The van der Waals surface area contributed by atoms with Crippen LogP contribution in [0.4, 0.5) is 0 Å². The van der Waals surface area contributed by atoms with E-state index >= 15 is 0 Å². The fraction of sp³-hybridized carbons (Fsp3) is 0.667. The summed E-state index contributed by atoms with van der Waals surface area (Å²) in [5.41, 5.74) is 2.47. The van der Waals surface area contributed by atoms with Gasteiger partial charge in [-0.05, 0) is 34.7 Å². The summed E-state index contributed by atoms with van der Waals surface area (Å²) in [5.74, 6) is 0. The maximum Gasteiger partial charge on any atom is -0.00985 e. The van der Waals surface area contributed by atoms with Crippen LogP contribution in [-0.2, 0) is 5.41 Å². The molecule has 0 aliphatic heterocycles. The maximum atomic E-state index is 2.41. The summed E-state index contributed by atoms with van der Waals surface area (Å²) in [6.45, 7) is 16.6. The Balaban J connectivity index is 2.83. The zero-order valence-corrected chi connectivity index (χ0v) is 13.3. The molecular weight excluding hydrogens is 216 g/mol. The van der Waals surface area contributed by atoms with Crippen molar-refractivity contribution in [3.63, 3.8) is 0 Å². The first-order chi connectivity index (χ1) is 8.02. The summed E-state index contributed by atoms with van der Waals surface area (Å²) in [7, 11) is 0. The second-order valence-electron chi connectivity index (χ2n) is 8.33. The van der Waals surface area contributed by atoms with Gasteiger partial charge in [-0.2, -0.15) is 0 Å². The number of hydrogen-bond acceptors (Lipinski definition) is 0. The first-order valence-corrected chi connectivity index (χ1v) is 7.07. The van der Waals surface area contributed by atoms with Crippen LogP contribution in [0.15, 0.2) is 30.3 Å². The number of rotatable bonds is 4. The minimum atomic E-state index is 0.246. The molecule has 0 atom stereocenters. The fourth-order valence-corrected chi connectivity index (χ4v) is 3.69. The minimum Gasteiger partial charge on any atom is -0.0622 e. The third kappa shape index (κ3) is 4.84. The topological polar surface area (TPSA) is 0 Å². The first-order valence-electron chi connectivity index (χ1n) is 7.07. The molecule has 0 N–H and O–H groups in total. The Morgan fingerprint density at radius 2 is 1.22 bits per heavy atom. The smallest absolute Gasteiger partial charge is 0.00985 e. The Labute approximate surface area is 114 Å². The lowest BCUT2D eigenvalue weighted by Gasteiger charge is -2.39. The van der Waals surface area contributed by atoms with Crippen molar-refractivity contribution in [3.05, 3.63) is 35.9 Å². The Morgan fingerprint density at radius 1 is 0.722 bits per heavy atom. The second kappa shape index (κ2) is 5.07. The first kappa shape index (κ1) is 15.3. The molecule has 1 aromatic carbocycles. The van der Waals surface area contributed by atoms with Gasteiger partial charge in [0.2, 0.25) is 0 Å². The van der Waals surface area contributed by atoms with Gasteiger partial charge >= 0.3 is 0 Å². The SMILES string of the molecule is CC(C)(C)CC(C)(C)CC(C)(C)c1ccccc1. The normalized spacial score (nSPS) is 13.7. The predicted octanol–water partition coefficient (Wildman–Crippen LogP) is 5.82. The molecule has 102 valence electrons. The van der Waals surface area contributed by atoms with Crippen LogP contribution in [0.2, 0.25) is 0 Å². The highest BCUT2D eigenvalue weighted by molar-refractivity contribution is 5.23. The molecule has 0 nitrogen and oxygen atoms in total. The Morgan fingerprint density at radius 3 is 1.67 bits per heavy atom. The van der Waals surface area contributed by atoms with E-state index in [1.807, 2.05) is 0 Å². The summed E-state index contributed by atoms with van der Waals surface area (Å²) in [5, 5.41) is 0. The van der Waals surface area contributed by atoms with E-state index in [0.717, 1.165) is 0 Å². The molecule has 0 heteroatoms. The van der Waals surface area contributed by atoms with E-state index in [9.17, 15) is 0 Å². The standard InChI is InChI=1S/C18H30/c1-16(2,3)13-17(4,5)14-18(6,7)15-11-9-8-10-12-15/h8-12H,13-14H2,1-7H3. The molecule has 0 fully saturated rings. The van der Waals surface area contributed by atoms with E-state index in [0.29, 0.717) is 10.8 Å². The molecule has 0 aromatic heterocycles. The van der Waals surface area contributed by atoms with Crippen molar-refractivity contribution < 1.29 is 0 Å². The summed E-state index contributed by atoms with van der Waals surface area (Å²) in [6, 6.07) is 10.9. The second-order valence-corrected chi connectivity index (χ2v) is 8.33. The van der Waals surface area contributed by atoms with E-state index in [4.69, 9.17) is 0 Å². The van der Waals surface area contributed by atoms with Crippen LogP contribution >= 0.6 is 0 Å². The summed E-state index contributed by atoms with van der Waals surface area (Å²) < 4.78 is 0. The van der Waals surface area contributed by atoms with Gasteiger partial charge in [0.25, 0.3) is 0 Å². The highest BCUT2D eigenvalue weighted by Crippen LogP contribution is 2.42. The van der Waals surface area contributed by atoms with Crippen LogP contribution in [0.25, 0.3) is 0 Å². The van der Waals surface area contributed by atoms with Crippen LogP contribution in [-0.4, -0.2) is 0 Å². The molecule has 0 aliphatic carbocycles. The summed E-state index contributed by atoms with van der Waals surface area (Å²) in [6.07, 6.45) is 2.48. The summed E-state index contributed by atoms with van der Waals surface area (Å²) >= 11 is 0. The lowest BCUT2D eigenvalue weighted by atomic mass is 9.66. The Bertz CT molecular complexity index is 363. The highest BCUT2D eigenvalue weighted by atomic mass is 14.4.